The largest absolute Gasteiger partial charge is 0.313 e. The Morgan fingerprint density at radius 1 is 1.11 bits per heavy atom. The van der Waals surface area contributed by atoms with Crippen LogP contribution in [0.3, 0.4) is 0 Å². The van der Waals surface area contributed by atoms with E-state index in [0.717, 1.165) is 5.92 Å². The van der Waals surface area contributed by atoms with Crippen molar-refractivity contribution < 1.29 is 0 Å². The van der Waals surface area contributed by atoms with Gasteiger partial charge in [0.25, 0.3) is 0 Å². The molecule has 1 aliphatic carbocycles. The van der Waals surface area contributed by atoms with E-state index in [0.29, 0.717) is 6.04 Å². The number of nitrogens with one attached hydrogen (secondary N) is 1. The molecule has 1 nitrogen and oxygen atoms in total. The van der Waals surface area contributed by atoms with Crippen molar-refractivity contribution in [1.82, 2.24) is 5.32 Å². The fraction of sp³-hybridized carbons (Fsp3) is 0.647. The molecule has 1 unspecified atom stereocenters. The summed E-state index contributed by atoms with van der Waals surface area (Å²) in [4.78, 5) is 0. The van der Waals surface area contributed by atoms with Crippen LogP contribution in [0.4, 0.5) is 0 Å². The van der Waals surface area contributed by atoms with E-state index in [-0.39, 0.29) is 0 Å². The molecule has 1 aliphatic rings. The normalized spacial score (nSPS) is 18.2. The Balaban J connectivity index is 1.98. The predicted molar refractivity (Wildman–Crippen MR) is 78.9 cm³/mol. The average molecular weight is 245 g/mol. The van der Waals surface area contributed by atoms with Gasteiger partial charge >= 0.3 is 0 Å². The molecule has 0 bridgehead atoms. The van der Waals surface area contributed by atoms with Crippen molar-refractivity contribution in [2.45, 2.75) is 58.4 Å². The first-order valence-electron chi connectivity index (χ1n) is 7.44. The van der Waals surface area contributed by atoms with Crippen molar-refractivity contribution in [3.63, 3.8) is 0 Å². The average Bonchev–Trinajstić information content (AvgIpc) is 2.81. The zero-order valence-corrected chi connectivity index (χ0v) is 12.1. The fourth-order valence-corrected chi connectivity index (χ4v) is 3.39. The molecule has 0 amide bonds. The number of hydrogen-bond donors (Lipinski definition) is 1. The third kappa shape index (κ3) is 3.58. The molecule has 1 N–H and O–H groups in total. The number of aryl methyl sites for hydroxylation is 2. The van der Waals surface area contributed by atoms with E-state index >= 15 is 0 Å². The first kappa shape index (κ1) is 13.6. The van der Waals surface area contributed by atoms with Gasteiger partial charge in [-0.3, -0.25) is 0 Å². The zero-order chi connectivity index (χ0) is 13.0. The Kier molecular flexibility index (Phi) is 4.82. The Morgan fingerprint density at radius 3 is 2.28 bits per heavy atom. The topological polar surface area (TPSA) is 12.0 Å². The van der Waals surface area contributed by atoms with E-state index in [1.54, 1.807) is 0 Å². The smallest absolute Gasteiger partial charge is 0.0317 e. The van der Waals surface area contributed by atoms with E-state index in [4.69, 9.17) is 0 Å². The van der Waals surface area contributed by atoms with E-state index in [2.05, 4.69) is 44.4 Å². The van der Waals surface area contributed by atoms with Gasteiger partial charge in [-0.25, -0.2) is 0 Å². The Morgan fingerprint density at radius 2 is 1.72 bits per heavy atom. The molecule has 0 saturated heterocycles. The first-order chi connectivity index (χ1) is 8.69. The minimum absolute atomic E-state index is 0.532. The molecular formula is C17H27N. The third-order valence-corrected chi connectivity index (χ3v) is 4.33. The molecule has 1 aromatic rings. The fourth-order valence-electron chi connectivity index (χ4n) is 3.39. The molecular weight excluding hydrogens is 218 g/mol. The molecule has 1 heteroatoms. The van der Waals surface area contributed by atoms with Crippen molar-refractivity contribution in [2.75, 3.05) is 7.05 Å². The predicted octanol–water partition coefficient (Wildman–Crippen LogP) is 4.53. The zero-order valence-electron chi connectivity index (χ0n) is 12.1. The van der Waals surface area contributed by atoms with Gasteiger partial charge in [0.2, 0.25) is 0 Å². The van der Waals surface area contributed by atoms with Crippen molar-refractivity contribution in [2.24, 2.45) is 5.92 Å². The van der Waals surface area contributed by atoms with Crippen molar-refractivity contribution in [3.8, 4) is 0 Å². The van der Waals surface area contributed by atoms with Gasteiger partial charge in [-0.2, -0.15) is 0 Å². The number of benzene rings is 1. The maximum Gasteiger partial charge on any atom is 0.0317 e. The van der Waals surface area contributed by atoms with Crippen molar-refractivity contribution in [1.29, 1.82) is 0 Å². The highest BCUT2D eigenvalue weighted by Gasteiger charge is 2.17. The molecule has 18 heavy (non-hydrogen) atoms. The summed E-state index contributed by atoms with van der Waals surface area (Å²) in [5, 5.41) is 3.50. The summed E-state index contributed by atoms with van der Waals surface area (Å²) in [6.07, 6.45) is 8.51. The summed E-state index contributed by atoms with van der Waals surface area (Å²) in [5.74, 6) is 0.992. The summed E-state index contributed by atoms with van der Waals surface area (Å²) in [7, 11) is 2.09. The molecule has 1 atom stereocenters. The van der Waals surface area contributed by atoms with Crippen LogP contribution in [0.15, 0.2) is 18.2 Å². The van der Waals surface area contributed by atoms with Crippen LogP contribution in [0.5, 0.6) is 0 Å². The minimum atomic E-state index is 0.532. The van der Waals surface area contributed by atoms with Crippen LogP contribution in [-0.2, 0) is 0 Å². The SMILES string of the molecule is CNC(CCC1CCCC1)c1cc(C)cc(C)c1. The molecule has 0 radical (unpaired) electrons. The summed E-state index contributed by atoms with van der Waals surface area (Å²) >= 11 is 0. The van der Waals surface area contributed by atoms with Crippen LogP contribution in [0, 0.1) is 19.8 Å². The monoisotopic (exact) mass is 245 g/mol. The molecule has 0 aliphatic heterocycles. The molecule has 2 rings (SSSR count). The van der Waals surface area contributed by atoms with Crippen molar-refractivity contribution in [3.05, 3.63) is 34.9 Å². The van der Waals surface area contributed by atoms with Crippen LogP contribution in [0.1, 0.15) is 61.3 Å². The van der Waals surface area contributed by atoms with Gasteiger partial charge in [0.05, 0.1) is 0 Å². The second-order valence-electron chi connectivity index (χ2n) is 5.99. The van der Waals surface area contributed by atoms with E-state index in [9.17, 15) is 0 Å². The summed E-state index contributed by atoms with van der Waals surface area (Å²) < 4.78 is 0. The van der Waals surface area contributed by atoms with E-state index in [1.165, 1.54) is 55.2 Å². The van der Waals surface area contributed by atoms with Gasteiger partial charge in [-0.1, -0.05) is 55.0 Å². The van der Waals surface area contributed by atoms with Crippen LogP contribution < -0.4 is 5.32 Å². The lowest BCUT2D eigenvalue weighted by Gasteiger charge is -2.20. The highest BCUT2D eigenvalue weighted by atomic mass is 14.9. The first-order valence-corrected chi connectivity index (χ1v) is 7.44. The lowest BCUT2D eigenvalue weighted by molar-refractivity contribution is 0.427. The lowest BCUT2D eigenvalue weighted by Crippen LogP contribution is -2.17. The highest BCUT2D eigenvalue weighted by Crippen LogP contribution is 2.31. The highest BCUT2D eigenvalue weighted by molar-refractivity contribution is 5.30. The molecule has 100 valence electrons. The molecule has 0 spiro atoms. The van der Waals surface area contributed by atoms with Crippen LogP contribution in [0.2, 0.25) is 0 Å². The summed E-state index contributed by atoms with van der Waals surface area (Å²) in [5.41, 5.74) is 4.23. The van der Waals surface area contributed by atoms with E-state index < -0.39 is 0 Å². The van der Waals surface area contributed by atoms with Gasteiger partial charge in [-0.15, -0.1) is 0 Å². The Bertz CT molecular complexity index is 357. The van der Waals surface area contributed by atoms with Gasteiger partial charge in [-0.05, 0) is 45.2 Å². The molecule has 0 heterocycles. The van der Waals surface area contributed by atoms with Crippen LogP contribution in [0.25, 0.3) is 0 Å². The van der Waals surface area contributed by atoms with Crippen LogP contribution in [-0.4, -0.2) is 7.05 Å². The van der Waals surface area contributed by atoms with Gasteiger partial charge in [0, 0.05) is 6.04 Å². The Hall–Kier alpha value is -0.820. The molecule has 1 aromatic carbocycles. The maximum atomic E-state index is 3.50. The van der Waals surface area contributed by atoms with Crippen LogP contribution >= 0.6 is 0 Å². The summed E-state index contributed by atoms with van der Waals surface area (Å²) in [6, 6.07) is 7.46. The molecule has 1 fully saturated rings. The second kappa shape index (κ2) is 6.38. The van der Waals surface area contributed by atoms with Gasteiger partial charge in [0.15, 0.2) is 0 Å². The molecule has 1 saturated carbocycles. The quantitative estimate of drug-likeness (QED) is 0.803. The standard InChI is InChI=1S/C17H27N/c1-13-10-14(2)12-16(11-13)17(18-3)9-8-15-6-4-5-7-15/h10-12,15,17-18H,4-9H2,1-3H3. The Labute approximate surface area is 112 Å². The lowest BCUT2D eigenvalue weighted by atomic mass is 9.93. The van der Waals surface area contributed by atoms with Crippen molar-refractivity contribution >= 4 is 0 Å². The minimum Gasteiger partial charge on any atom is -0.313 e. The van der Waals surface area contributed by atoms with E-state index in [1.807, 2.05) is 0 Å². The second-order valence-corrected chi connectivity index (χ2v) is 5.99. The maximum absolute atomic E-state index is 3.50. The van der Waals surface area contributed by atoms with Gasteiger partial charge < -0.3 is 5.32 Å². The summed E-state index contributed by atoms with van der Waals surface area (Å²) in [6.45, 7) is 4.39. The number of rotatable bonds is 5. The molecule has 0 aromatic heterocycles. The third-order valence-electron chi connectivity index (χ3n) is 4.33. The van der Waals surface area contributed by atoms with Gasteiger partial charge in [0.1, 0.15) is 0 Å². The number of hydrogen-bond acceptors (Lipinski definition) is 1.